The molecule has 2 aliphatic rings. The molecule has 0 aromatic heterocycles. The lowest BCUT2D eigenvalue weighted by Gasteiger charge is -2.44. The van der Waals surface area contributed by atoms with Gasteiger partial charge in [0.15, 0.2) is 0 Å². The molecule has 0 radical (unpaired) electrons. The normalized spacial score (nSPS) is 31.8. The van der Waals surface area contributed by atoms with Crippen LogP contribution in [0.1, 0.15) is 78.6 Å². The molecule has 2 saturated heterocycles. The molecule has 2 heterocycles. The van der Waals surface area contributed by atoms with Crippen LogP contribution in [0.2, 0.25) is 0 Å². The number of nitrogens with zero attached hydrogens (tertiary/aromatic N) is 1. The van der Waals surface area contributed by atoms with E-state index in [0.717, 1.165) is 38.6 Å². The van der Waals surface area contributed by atoms with Gasteiger partial charge >= 0.3 is 5.97 Å². The van der Waals surface area contributed by atoms with Crippen molar-refractivity contribution >= 4 is 35.2 Å². The summed E-state index contributed by atoms with van der Waals surface area (Å²) in [6.45, 7) is 6.89. The maximum atomic E-state index is 12.9. The summed E-state index contributed by atoms with van der Waals surface area (Å²) in [5.41, 5.74) is -0.702. The fourth-order valence-electron chi connectivity index (χ4n) is 4.99. The Bertz CT molecular complexity index is 673. The van der Waals surface area contributed by atoms with Crippen molar-refractivity contribution < 1.29 is 34.8 Å². The van der Waals surface area contributed by atoms with E-state index in [1.165, 1.54) is 31.0 Å². The molecule has 0 saturated carbocycles. The van der Waals surface area contributed by atoms with E-state index >= 15 is 0 Å². The summed E-state index contributed by atoms with van der Waals surface area (Å²) in [6, 6.07) is -0.934. The number of rotatable bonds is 13. The maximum absolute atomic E-state index is 12.9. The number of aliphatic hydroxyl groups is 3. The predicted molar refractivity (Wildman–Crippen MR) is 148 cm³/mol. The third kappa shape index (κ3) is 11.2. The van der Waals surface area contributed by atoms with Crippen molar-refractivity contribution in [1.29, 1.82) is 0 Å². The van der Waals surface area contributed by atoms with Crippen LogP contribution >= 0.6 is 23.4 Å². The lowest BCUT2D eigenvalue weighted by atomic mass is 9.92. The van der Waals surface area contributed by atoms with E-state index in [9.17, 15) is 24.9 Å². The van der Waals surface area contributed by atoms with Crippen molar-refractivity contribution in [3.8, 4) is 0 Å². The van der Waals surface area contributed by atoms with E-state index in [4.69, 9.17) is 21.4 Å². The highest BCUT2D eigenvalue weighted by atomic mass is 35.5. The number of carboxylic acids is 1. The number of hydrogen-bond acceptors (Lipinski definition) is 8. The largest absolute Gasteiger partial charge is 0.481 e. The first-order valence-corrected chi connectivity index (χ1v) is 15.3. The van der Waals surface area contributed by atoms with Crippen molar-refractivity contribution in [3.05, 3.63) is 0 Å². The Morgan fingerprint density at radius 1 is 1.08 bits per heavy atom. The molecule has 0 aromatic carbocycles. The Kier molecular flexibility index (Phi) is 16.6. The molecule has 37 heavy (non-hydrogen) atoms. The number of carbonyl (C=O) groups excluding carboxylic acids is 1. The van der Waals surface area contributed by atoms with Gasteiger partial charge in [0.25, 0.3) is 0 Å². The number of alkyl halides is 1. The zero-order chi connectivity index (χ0) is 28.1. The average Bonchev–Trinajstić information content (AvgIpc) is 3.22. The molecule has 11 heteroatoms. The van der Waals surface area contributed by atoms with Crippen LogP contribution in [0.15, 0.2) is 0 Å². The van der Waals surface area contributed by atoms with Crippen molar-refractivity contribution in [2.75, 3.05) is 19.8 Å². The van der Waals surface area contributed by atoms with Crippen LogP contribution < -0.4 is 5.32 Å². The van der Waals surface area contributed by atoms with Gasteiger partial charge in [0.1, 0.15) is 29.9 Å². The first kappa shape index (κ1) is 34.4. The second kappa shape index (κ2) is 17.9. The number of amides is 1. The Morgan fingerprint density at radius 3 is 2.27 bits per heavy atom. The van der Waals surface area contributed by atoms with E-state index in [1.807, 2.05) is 11.9 Å². The molecule has 0 bridgehead atoms. The molecule has 0 aromatic rings. The summed E-state index contributed by atoms with van der Waals surface area (Å²) in [6.07, 6.45) is 5.79. The minimum atomic E-state index is -1.36. The fraction of sp³-hybridized carbons (Fsp3) is 0.923. The average molecular weight is 569 g/mol. The number of likely N-dealkylation sites (N-methyl/N-ethyl adjacent to an activating group) is 1. The van der Waals surface area contributed by atoms with Crippen LogP contribution in [-0.4, -0.2) is 104 Å². The molecule has 2 aliphatic heterocycles. The summed E-state index contributed by atoms with van der Waals surface area (Å²) >= 11 is 7.55. The summed E-state index contributed by atoms with van der Waals surface area (Å²) < 4.78 is 5.79. The van der Waals surface area contributed by atoms with Gasteiger partial charge in [0.2, 0.25) is 5.91 Å². The van der Waals surface area contributed by atoms with E-state index in [-0.39, 0.29) is 11.9 Å². The second-order valence-corrected chi connectivity index (χ2v) is 11.9. The quantitative estimate of drug-likeness (QED) is 0.167. The molecule has 0 aliphatic carbocycles. The van der Waals surface area contributed by atoms with Crippen molar-refractivity contribution in [2.45, 2.75) is 126 Å². The predicted octanol–water partition coefficient (Wildman–Crippen LogP) is 2.82. The number of ether oxygens (including phenoxy) is 1. The molecule has 2 rings (SSSR count). The molecule has 0 unspecified atom stereocenters. The molecule has 218 valence electrons. The molecule has 0 spiro atoms. The molecular formula is C26H49ClN2O7S. The van der Waals surface area contributed by atoms with Crippen molar-refractivity contribution in [1.82, 2.24) is 10.2 Å². The topological polar surface area (TPSA) is 140 Å². The molecule has 2 fully saturated rings. The number of thioether (sulfide) groups is 1. The lowest BCUT2D eigenvalue weighted by molar-refractivity contribution is -0.205. The number of halogens is 1. The summed E-state index contributed by atoms with van der Waals surface area (Å²) in [5.74, 6) is -0.320. The van der Waals surface area contributed by atoms with Gasteiger partial charge in [-0.3, -0.25) is 14.5 Å². The van der Waals surface area contributed by atoms with Gasteiger partial charge < -0.3 is 30.5 Å². The number of aliphatic hydroxyl groups excluding tert-OH is 3. The molecule has 9 nitrogen and oxygen atoms in total. The highest BCUT2D eigenvalue weighted by molar-refractivity contribution is 7.99. The van der Waals surface area contributed by atoms with Gasteiger partial charge in [-0.05, 0) is 45.4 Å². The maximum Gasteiger partial charge on any atom is 0.303 e. The Balaban J connectivity index is 0.000000580. The number of carbonyl (C=O) groups is 2. The minimum Gasteiger partial charge on any atom is -0.481 e. The number of likely N-dealkylation sites (tertiary alicyclic amines) is 1. The molecule has 5 N–H and O–H groups in total. The SMILES string of the molecule is CCCCCCCC(=O)O.CCC[C@@H]1C[C@@H](C(=O)N[C@@H]([C@H]2O[C@H](SC)[C@H](O)[C@@H](O)[C@H]2O)[C@H](C)Cl)N(C)C1. The highest BCUT2D eigenvalue weighted by Gasteiger charge is 2.48. The van der Waals surface area contributed by atoms with E-state index in [1.54, 1.807) is 13.2 Å². The van der Waals surface area contributed by atoms with Gasteiger partial charge in [-0.1, -0.05) is 46.0 Å². The van der Waals surface area contributed by atoms with E-state index in [0.29, 0.717) is 12.3 Å². The highest BCUT2D eigenvalue weighted by Crippen LogP contribution is 2.31. The first-order valence-electron chi connectivity index (χ1n) is 13.6. The second-order valence-electron chi connectivity index (χ2n) is 10.3. The minimum absolute atomic E-state index is 0.147. The summed E-state index contributed by atoms with van der Waals surface area (Å²) in [7, 11) is 1.94. The summed E-state index contributed by atoms with van der Waals surface area (Å²) in [5, 5.41) is 41.3. The Hall–Kier alpha value is -0.620. The smallest absolute Gasteiger partial charge is 0.303 e. The number of aliphatic carboxylic acids is 1. The van der Waals surface area contributed by atoms with Crippen LogP contribution in [0.4, 0.5) is 0 Å². The van der Waals surface area contributed by atoms with Gasteiger partial charge in [0, 0.05) is 13.0 Å². The van der Waals surface area contributed by atoms with E-state index < -0.39 is 47.2 Å². The van der Waals surface area contributed by atoms with Crippen LogP contribution in [0.3, 0.4) is 0 Å². The number of carboxylic acid groups (broad SMARTS) is 1. The van der Waals surface area contributed by atoms with Crippen LogP contribution in [0, 0.1) is 5.92 Å². The number of hydrogen-bond donors (Lipinski definition) is 5. The van der Waals surface area contributed by atoms with Gasteiger partial charge in [0.05, 0.1) is 17.5 Å². The van der Waals surface area contributed by atoms with Gasteiger partial charge in [-0.25, -0.2) is 0 Å². The van der Waals surface area contributed by atoms with Crippen molar-refractivity contribution in [3.63, 3.8) is 0 Å². The third-order valence-corrected chi connectivity index (χ3v) is 8.25. The third-order valence-electron chi connectivity index (χ3n) is 7.13. The Morgan fingerprint density at radius 2 is 1.73 bits per heavy atom. The lowest BCUT2D eigenvalue weighted by Crippen LogP contribution is -2.65. The fourth-order valence-corrected chi connectivity index (χ4v) is 5.88. The van der Waals surface area contributed by atoms with Crippen molar-refractivity contribution in [2.24, 2.45) is 5.92 Å². The van der Waals surface area contributed by atoms with Crippen LogP contribution in [0.5, 0.6) is 0 Å². The first-order chi connectivity index (χ1) is 17.5. The zero-order valence-electron chi connectivity index (χ0n) is 23.0. The molecular weight excluding hydrogens is 520 g/mol. The zero-order valence-corrected chi connectivity index (χ0v) is 24.6. The standard InChI is InChI=1S/C18H33ClN2O5S.C8H16O2/c1-5-6-10-7-11(21(3)8-10)17(25)20-12(9(2)19)16-14(23)13(22)15(24)18(26-16)27-4;1-2-3-4-5-6-7-8(9)10/h9-16,18,22-24H,5-8H2,1-4H3,(H,20,25);2-7H2,1H3,(H,9,10)/t9-,10+,11-,12+,13-,14+,15+,16+,18+;/m0./s1. The molecule has 1 amide bonds. The van der Waals surface area contributed by atoms with Crippen LogP contribution in [0.25, 0.3) is 0 Å². The Labute approximate surface area is 231 Å². The molecule has 9 atom stereocenters. The monoisotopic (exact) mass is 568 g/mol. The van der Waals surface area contributed by atoms with Gasteiger partial charge in [-0.15, -0.1) is 23.4 Å². The number of unbranched alkanes of at least 4 members (excludes halogenated alkanes) is 4. The van der Waals surface area contributed by atoms with Gasteiger partial charge in [-0.2, -0.15) is 0 Å². The van der Waals surface area contributed by atoms with E-state index in [2.05, 4.69) is 19.2 Å². The summed E-state index contributed by atoms with van der Waals surface area (Å²) in [4.78, 5) is 25.0. The van der Waals surface area contributed by atoms with Crippen LogP contribution in [-0.2, 0) is 14.3 Å². The number of nitrogens with one attached hydrogen (secondary N) is 1.